The summed E-state index contributed by atoms with van der Waals surface area (Å²) in [7, 11) is -4.63. The van der Waals surface area contributed by atoms with Gasteiger partial charge in [-0.05, 0) is 77.0 Å². The molecule has 0 rings (SSSR count). The summed E-state index contributed by atoms with van der Waals surface area (Å²) in [5, 5.41) is 8.88. The number of carboxylic acid groups (broad SMARTS) is 1. The molecule has 53 heavy (non-hydrogen) atoms. The first-order valence-corrected chi connectivity index (χ1v) is 21.8. The predicted molar refractivity (Wildman–Crippen MR) is 217 cm³/mol. The van der Waals surface area contributed by atoms with Crippen molar-refractivity contribution in [2.75, 3.05) is 26.4 Å². The Bertz CT molecular complexity index is 1070. The van der Waals surface area contributed by atoms with Crippen LogP contribution in [0, 0.1) is 0 Å². The lowest BCUT2D eigenvalue weighted by molar-refractivity contribution is -0.154. The molecule has 0 saturated heterocycles. The van der Waals surface area contributed by atoms with Gasteiger partial charge in [-0.1, -0.05) is 132 Å². The lowest BCUT2D eigenvalue weighted by Gasteiger charge is -2.20. The number of carbonyl (C=O) groups is 2. The number of aliphatic carboxylic acids is 1. The maximum atomic E-state index is 12.6. The van der Waals surface area contributed by atoms with E-state index in [4.69, 9.17) is 29.4 Å². The molecule has 0 fully saturated rings. The topological polar surface area (TPSA) is 155 Å². The molecular formula is C42H74NO9P. The van der Waals surface area contributed by atoms with Crippen molar-refractivity contribution in [3.63, 3.8) is 0 Å². The van der Waals surface area contributed by atoms with Crippen molar-refractivity contribution >= 4 is 19.8 Å². The van der Waals surface area contributed by atoms with Crippen molar-refractivity contribution in [2.24, 2.45) is 5.73 Å². The number of rotatable bonds is 38. The van der Waals surface area contributed by atoms with E-state index in [-0.39, 0.29) is 13.0 Å². The van der Waals surface area contributed by atoms with Crippen molar-refractivity contribution in [1.82, 2.24) is 0 Å². The second kappa shape index (κ2) is 38.0. The standard InChI is InChI=1S/C42H74NO9P/c1-3-5-7-9-11-13-15-17-19-21-23-25-27-29-31-33-35-49-36-39(37-50-53(47,48)51-38-40(43)42(45)46)52-41(44)34-32-30-28-26-24-22-20-18-16-14-12-10-8-6-4-2/h6,8,12,14,17-20,24,26,39-40H,3-5,7,9-11,13,15-16,21-23,25,27-38,43H2,1-2H3,(H,45,46)(H,47,48)/b8-6-,14-12-,19-17-,20-18-,26-24-. The van der Waals surface area contributed by atoms with E-state index in [2.05, 4.69) is 74.6 Å². The molecule has 10 nitrogen and oxygen atoms in total. The van der Waals surface area contributed by atoms with Crippen LogP contribution in [0.5, 0.6) is 0 Å². The summed E-state index contributed by atoms with van der Waals surface area (Å²) in [6, 6.07) is -1.48. The highest BCUT2D eigenvalue weighted by Crippen LogP contribution is 2.43. The molecule has 0 aromatic heterocycles. The summed E-state index contributed by atoms with van der Waals surface area (Å²) in [5.41, 5.74) is 5.34. The second-order valence-corrected chi connectivity index (χ2v) is 14.8. The van der Waals surface area contributed by atoms with Crippen LogP contribution in [0.3, 0.4) is 0 Å². The lowest BCUT2D eigenvalue weighted by atomic mass is 10.1. The molecule has 0 aliphatic heterocycles. The monoisotopic (exact) mass is 768 g/mol. The maximum Gasteiger partial charge on any atom is 0.472 e. The number of nitrogens with two attached hydrogens (primary N) is 1. The largest absolute Gasteiger partial charge is 0.480 e. The number of phosphoric ester groups is 1. The summed E-state index contributed by atoms with van der Waals surface area (Å²) in [6.45, 7) is 3.68. The van der Waals surface area contributed by atoms with Gasteiger partial charge in [0.2, 0.25) is 0 Å². The van der Waals surface area contributed by atoms with Crippen molar-refractivity contribution in [1.29, 1.82) is 0 Å². The highest BCUT2D eigenvalue weighted by Gasteiger charge is 2.27. The average molecular weight is 768 g/mol. The van der Waals surface area contributed by atoms with Crippen LogP contribution in [0.1, 0.15) is 155 Å². The molecule has 4 N–H and O–H groups in total. The van der Waals surface area contributed by atoms with E-state index < -0.39 is 45.1 Å². The van der Waals surface area contributed by atoms with Gasteiger partial charge in [-0.25, -0.2) is 4.57 Å². The first-order chi connectivity index (χ1) is 25.7. The normalized spacial score (nSPS) is 14.6. The minimum absolute atomic E-state index is 0.00654. The predicted octanol–water partition coefficient (Wildman–Crippen LogP) is 10.9. The van der Waals surface area contributed by atoms with Crippen molar-refractivity contribution in [2.45, 2.75) is 167 Å². The Balaban J connectivity index is 4.37. The molecule has 306 valence electrons. The third-order valence-corrected chi connectivity index (χ3v) is 9.23. The number of hydrogen-bond donors (Lipinski definition) is 3. The molecule has 0 amide bonds. The van der Waals surface area contributed by atoms with Crippen LogP contribution >= 0.6 is 7.82 Å². The smallest absolute Gasteiger partial charge is 0.472 e. The van der Waals surface area contributed by atoms with E-state index in [9.17, 15) is 19.0 Å². The minimum Gasteiger partial charge on any atom is -0.480 e. The zero-order chi connectivity index (χ0) is 39.1. The Morgan fingerprint density at radius 1 is 0.623 bits per heavy atom. The fourth-order valence-electron chi connectivity index (χ4n) is 5.12. The molecule has 0 saturated carbocycles. The Labute approximate surface area is 322 Å². The number of carboxylic acids is 1. The zero-order valence-corrected chi connectivity index (χ0v) is 34.0. The van der Waals surface area contributed by atoms with E-state index in [1.807, 2.05) is 0 Å². The van der Waals surface area contributed by atoms with E-state index >= 15 is 0 Å². The van der Waals surface area contributed by atoms with Crippen molar-refractivity contribution in [3.8, 4) is 0 Å². The van der Waals surface area contributed by atoms with Gasteiger partial charge in [-0.15, -0.1) is 0 Å². The number of phosphoric acid groups is 1. The Morgan fingerprint density at radius 2 is 1.09 bits per heavy atom. The fraction of sp³-hybridized carbons (Fsp3) is 0.714. The summed E-state index contributed by atoms with van der Waals surface area (Å²) < 4.78 is 33.2. The first kappa shape index (κ1) is 50.7. The highest BCUT2D eigenvalue weighted by molar-refractivity contribution is 7.47. The molecule has 0 spiro atoms. The van der Waals surface area contributed by atoms with Crippen LogP contribution in [0.25, 0.3) is 0 Å². The molecule has 0 aliphatic carbocycles. The number of allylic oxidation sites excluding steroid dienone is 10. The van der Waals surface area contributed by atoms with Crippen LogP contribution in [0.4, 0.5) is 0 Å². The van der Waals surface area contributed by atoms with E-state index in [1.165, 1.54) is 64.2 Å². The molecule has 0 heterocycles. The quantitative estimate of drug-likeness (QED) is 0.0239. The molecule has 11 heteroatoms. The Hall–Kier alpha value is -2.33. The molecule has 0 aromatic rings. The zero-order valence-electron chi connectivity index (χ0n) is 33.1. The van der Waals surface area contributed by atoms with Gasteiger partial charge in [0.1, 0.15) is 12.1 Å². The summed E-state index contributed by atoms with van der Waals surface area (Å²) in [6.07, 6.45) is 44.2. The van der Waals surface area contributed by atoms with Crippen molar-refractivity contribution in [3.05, 3.63) is 60.8 Å². The maximum absolute atomic E-state index is 12.6. The minimum atomic E-state index is -4.63. The Morgan fingerprint density at radius 3 is 1.66 bits per heavy atom. The van der Waals surface area contributed by atoms with Crippen LogP contribution in [-0.2, 0) is 32.7 Å². The van der Waals surface area contributed by atoms with Crippen LogP contribution < -0.4 is 5.73 Å². The van der Waals surface area contributed by atoms with E-state index in [1.54, 1.807) is 0 Å². The van der Waals surface area contributed by atoms with Gasteiger partial charge in [-0.3, -0.25) is 18.6 Å². The molecular weight excluding hydrogens is 693 g/mol. The number of unbranched alkanes of at least 4 members (excludes halogenated alkanes) is 14. The number of esters is 1. The second-order valence-electron chi connectivity index (χ2n) is 13.4. The third kappa shape index (κ3) is 37.8. The molecule has 3 unspecified atom stereocenters. The van der Waals surface area contributed by atoms with Crippen molar-refractivity contribution < 1.29 is 42.7 Å². The van der Waals surface area contributed by atoms with Gasteiger partial charge < -0.3 is 25.2 Å². The molecule has 0 aliphatic rings. The van der Waals surface area contributed by atoms with Gasteiger partial charge >= 0.3 is 19.8 Å². The lowest BCUT2D eigenvalue weighted by Crippen LogP contribution is -2.34. The SMILES string of the molecule is CC/C=C\C/C=C\C/C=C\C/C=C\CCCCC(=O)OC(COCCCCCCCC/C=C\CCCCCCCC)COP(=O)(O)OCC(N)C(=O)O. The van der Waals surface area contributed by atoms with Crippen LogP contribution in [0.15, 0.2) is 60.8 Å². The van der Waals surface area contributed by atoms with E-state index in [0.29, 0.717) is 13.0 Å². The fourth-order valence-corrected chi connectivity index (χ4v) is 5.90. The summed E-state index contributed by atoms with van der Waals surface area (Å²) in [5.74, 6) is -1.83. The molecule has 0 aromatic carbocycles. The van der Waals surface area contributed by atoms with Gasteiger partial charge in [0, 0.05) is 13.0 Å². The molecule has 0 radical (unpaired) electrons. The molecule has 0 bridgehead atoms. The first-order valence-electron chi connectivity index (χ1n) is 20.3. The van der Waals surface area contributed by atoms with Gasteiger partial charge in [-0.2, -0.15) is 0 Å². The van der Waals surface area contributed by atoms with Crippen LogP contribution in [0.2, 0.25) is 0 Å². The Kier molecular flexibility index (Phi) is 36.3. The highest BCUT2D eigenvalue weighted by atomic mass is 31.2. The third-order valence-electron chi connectivity index (χ3n) is 8.28. The number of hydrogen-bond acceptors (Lipinski definition) is 8. The van der Waals surface area contributed by atoms with Gasteiger partial charge in [0.25, 0.3) is 0 Å². The summed E-state index contributed by atoms with van der Waals surface area (Å²) in [4.78, 5) is 33.4. The van der Waals surface area contributed by atoms with E-state index in [0.717, 1.165) is 64.2 Å². The average Bonchev–Trinajstić information content (AvgIpc) is 3.13. The van der Waals surface area contributed by atoms with Gasteiger partial charge in [0.05, 0.1) is 19.8 Å². The van der Waals surface area contributed by atoms with Gasteiger partial charge in [0.15, 0.2) is 0 Å². The number of carbonyl (C=O) groups excluding carboxylic acids is 1. The van der Waals surface area contributed by atoms with Crippen LogP contribution in [-0.4, -0.2) is 60.5 Å². The number of ether oxygens (including phenoxy) is 2. The summed E-state index contributed by atoms with van der Waals surface area (Å²) >= 11 is 0. The molecule has 3 atom stereocenters.